The monoisotopic (exact) mass is 254 g/mol. The van der Waals surface area contributed by atoms with Gasteiger partial charge in [0.05, 0.1) is 0 Å². The molecule has 0 aromatic heterocycles. The van der Waals surface area contributed by atoms with Crippen LogP contribution in [-0.4, -0.2) is 0 Å². The minimum Gasteiger partial charge on any atom is -0.0683 e. The first-order valence-corrected chi connectivity index (χ1v) is 8.86. The maximum atomic E-state index is 2.41. The van der Waals surface area contributed by atoms with E-state index in [1.54, 1.807) is 32.1 Å². The minimum absolute atomic E-state index is 1.14. The van der Waals surface area contributed by atoms with Crippen LogP contribution >= 0.6 is 0 Å². The van der Waals surface area contributed by atoms with Crippen molar-refractivity contribution in [1.82, 2.24) is 0 Å². The van der Waals surface area contributed by atoms with Gasteiger partial charge in [0.25, 0.3) is 0 Å². The van der Waals surface area contributed by atoms with Crippen molar-refractivity contribution in [2.75, 3.05) is 0 Å². The van der Waals surface area contributed by atoms with Crippen molar-refractivity contribution in [3.63, 3.8) is 0 Å². The molecule has 0 aromatic rings. The average Bonchev–Trinajstić information content (AvgIpc) is 2.45. The quantitative estimate of drug-likeness (QED) is 0.498. The van der Waals surface area contributed by atoms with E-state index < -0.39 is 0 Å². The summed E-state index contributed by atoms with van der Waals surface area (Å²) in [6, 6.07) is 0. The molecule has 0 heterocycles. The first-order valence-electron chi connectivity index (χ1n) is 8.86. The lowest BCUT2D eigenvalue weighted by atomic mass is 9.51. The Hall–Kier alpha value is 0. The molecule has 18 heavy (non-hydrogen) atoms. The van der Waals surface area contributed by atoms with Gasteiger partial charge < -0.3 is 0 Å². The normalized spacial score (nSPS) is 38.5. The molecule has 4 saturated carbocycles. The van der Waals surface area contributed by atoms with E-state index in [2.05, 4.69) is 6.92 Å². The molecule has 0 aliphatic heterocycles. The van der Waals surface area contributed by atoms with Crippen LogP contribution < -0.4 is 0 Å². The van der Waals surface area contributed by atoms with Gasteiger partial charge in [-0.25, -0.2) is 0 Å². The molecule has 0 radical (unpaired) electrons. The van der Waals surface area contributed by atoms with Gasteiger partial charge in [0.2, 0.25) is 0 Å². The van der Waals surface area contributed by atoms with Crippen molar-refractivity contribution < 1.29 is 0 Å². The van der Waals surface area contributed by atoms with Crippen molar-refractivity contribution in [2.24, 2.45) is 29.6 Å². The highest BCUT2D eigenvalue weighted by Gasteiger charge is 2.47. The largest absolute Gasteiger partial charge is 0.0683 e. The van der Waals surface area contributed by atoms with Gasteiger partial charge in [0, 0.05) is 0 Å². The average molecular weight is 255 g/mol. The second-order valence-electron chi connectivity index (χ2n) is 5.50. The molecular formula is C18H38. The number of hydrogen-bond donors (Lipinski definition) is 0. The summed E-state index contributed by atoms with van der Waals surface area (Å²) in [6.07, 6.45) is 9.48. The van der Waals surface area contributed by atoms with Gasteiger partial charge in [-0.2, -0.15) is 0 Å². The van der Waals surface area contributed by atoms with Gasteiger partial charge >= 0.3 is 0 Å². The molecule has 0 N–H and O–H groups in total. The Morgan fingerprint density at radius 2 is 0.944 bits per heavy atom. The molecule has 0 aromatic carbocycles. The summed E-state index contributed by atoms with van der Waals surface area (Å²) in [4.78, 5) is 0. The lowest BCUT2D eigenvalue weighted by Gasteiger charge is -2.54. The van der Waals surface area contributed by atoms with E-state index in [-0.39, 0.29) is 0 Å². The van der Waals surface area contributed by atoms with E-state index in [4.69, 9.17) is 0 Å². The van der Waals surface area contributed by atoms with Crippen molar-refractivity contribution in [1.29, 1.82) is 0 Å². The van der Waals surface area contributed by atoms with Gasteiger partial charge in [-0.1, -0.05) is 54.9 Å². The van der Waals surface area contributed by atoms with Crippen LogP contribution in [-0.2, 0) is 0 Å². The molecule has 4 aliphatic carbocycles. The Morgan fingerprint density at radius 1 is 0.611 bits per heavy atom. The fraction of sp³-hybridized carbons (Fsp3) is 1.00. The SMILES string of the molecule is CC.CC.CC.CCC1C2CC3CC(C2)CC1C3. The highest BCUT2D eigenvalue weighted by Crippen LogP contribution is 2.57. The van der Waals surface area contributed by atoms with Gasteiger partial charge in [-0.15, -0.1) is 0 Å². The summed E-state index contributed by atoms with van der Waals surface area (Å²) >= 11 is 0. The minimum atomic E-state index is 1.14. The topological polar surface area (TPSA) is 0 Å². The van der Waals surface area contributed by atoms with Crippen LogP contribution in [0.4, 0.5) is 0 Å². The molecule has 4 bridgehead atoms. The predicted molar refractivity (Wildman–Crippen MR) is 84.9 cm³/mol. The van der Waals surface area contributed by atoms with Crippen molar-refractivity contribution in [3.05, 3.63) is 0 Å². The summed E-state index contributed by atoms with van der Waals surface area (Å²) in [5, 5.41) is 0. The zero-order valence-electron chi connectivity index (χ0n) is 14.1. The second-order valence-corrected chi connectivity index (χ2v) is 5.50. The molecule has 4 rings (SSSR count). The zero-order chi connectivity index (χ0) is 14.1. The van der Waals surface area contributed by atoms with E-state index in [9.17, 15) is 0 Å². The van der Waals surface area contributed by atoms with E-state index >= 15 is 0 Å². The fourth-order valence-corrected chi connectivity index (χ4v) is 4.70. The van der Waals surface area contributed by atoms with Crippen LogP contribution in [0.1, 0.15) is 87.0 Å². The first-order chi connectivity index (χ1) is 8.86. The van der Waals surface area contributed by atoms with Crippen LogP contribution in [0.3, 0.4) is 0 Å². The van der Waals surface area contributed by atoms with E-state index in [1.165, 1.54) is 6.42 Å². The van der Waals surface area contributed by atoms with Gasteiger partial charge in [-0.3, -0.25) is 0 Å². The predicted octanol–water partition coefficient (Wildman–Crippen LogP) is 6.55. The summed E-state index contributed by atoms with van der Waals surface area (Å²) in [6.45, 7) is 14.4. The molecule has 0 saturated heterocycles. The summed E-state index contributed by atoms with van der Waals surface area (Å²) in [7, 11) is 0. The lowest BCUT2D eigenvalue weighted by molar-refractivity contribution is -0.0376. The third-order valence-corrected chi connectivity index (χ3v) is 4.89. The van der Waals surface area contributed by atoms with Crippen molar-refractivity contribution >= 4 is 0 Å². The molecule has 0 unspecified atom stereocenters. The van der Waals surface area contributed by atoms with Crippen LogP contribution in [0.2, 0.25) is 0 Å². The Morgan fingerprint density at radius 3 is 1.22 bits per heavy atom. The molecular weight excluding hydrogens is 216 g/mol. The molecule has 110 valence electrons. The standard InChI is InChI=1S/C12H20.3C2H6/c1-2-12-10-4-8-3-9(6-10)7-11(12)5-8;3*1-2/h8-12H,2-7H2,1H3;3*1-2H3. The van der Waals surface area contributed by atoms with Crippen LogP contribution in [0, 0.1) is 29.6 Å². The van der Waals surface area contributed by atoms with Crippen molar-refractivity contribution in [2.45, 2.75) is 87.0 Å². The van der Waals surface area contributed by atoms with Crippen LogP contribution in [0.25, 0.3) is 0 Å². The molecule has 0 heteroatoms. The Labute approximate surface area is 117 Å². The number of rotatable bonds is 1. The van der Waals surface area contributed by atoms with E-state index in [0.29, 0.717) is 0 Å². The van der Waals surface area contributed by atoms with Gasteiger partial charge in [-0.05, 0) is 61.7 Å². The summed E-state index contributed by atoms with van der Waals surface area (Å²) < 4.78 is 0. The number of hydrogen-bond acceptors (Lipinski definition) is 0. The Bertz CT molecular complexity index is 154. The zero-order valence-corrected chi connectivity index (χ0v) is 14.1. The third-order valence-electron chi connectivity index (χ3n) is 4.89. The first kappa shape index (κ1) is 18.0. The molecule has 0 atom stereocenters. The van der Waals surface area contributed by atoms with Crippen LogP contribution in [0.15, 0.2) is 0 Å². The Balaban J connectivity index is 0.000000429. The second kappa shape index (κ2) is 9.87. The third kappa shape index (κ3) is 4.00. The maximum Gasteiger partial charge on any atom is -0.0360 e. The smallest absolute Gasteiger partial charge is 0.0360 e. The Kier molecular flexibility index (Phi) is 9.87. The maximum absolute atomic E-state index is 2.41. The summed E-state index contributed by atoms with van der Waals surface area (Å²) in [5.41, 5.74) is 0. The fourth-order valence-electron chi connectivity index (χ4n) is 4.70. The van der Waals surface area contributed by atoms with Crippen LogP contribution in [0.5, 0.6) is 0 Å². The summed E-state index contributed by atoms with van der Waals surface area (Å²) in [5.74, 6) is 5.78. The van der Waals surface area contributed by atoms with Gasteiger partial charge in [0.1, 0.15) is 0 Å². The van der Waals surface area contributed by atoms with E-state index in [0.717, 1.165) is 29.6 Å². The van der Waals surface area contributed by atoms with Crippen molar-refractivity contribution in [3.8, 4) is 0 Å². The molecule has 4 aliphatic rings. The highest BCUT2D eigenvalue weighted by molar-refractivity contribution is 4.97. The molecule has 4 fully saturated rings. The van der Waals surface area contributed by atoms with E-state index in [1.807, 2.05) is 41.5 Å². The van der Waals surface area contributed by atoms with Gasteiger partial charge in [0.15, 0.2) is 0 Å². The molecule has 0 amide bonds. The molecule has 0 nitrogen and oxygen atoms in total. The highest BCUT2D eigenvalue weighted by atomic mass is 14.5. The molecule has 0 spiro atoms. The lowest BCUT2D eigenvalue weighted by Crippen LogP contribution is -2.44.